The minimum absolute atomic E-state index is 0.0759. The molecule has 78 valence electrons. The number of halogens is 1. The van der Waals surface area contributed by atoms with Crippen molar-refractivity contribution in [3.05, 3.63) is 54.1 Å². The van der Waals surface area contributed by atoms with Gasteiger partial charge in [-0.25, -0.2) is 9.37 Å². The van der Waals surface area contributed by atoms with Crippen LogP contribution in [-0.2, 0) is 0 Å². The van der Waals surface area contributed by atoms with Crippen LogP contribution in [0.15, 0.2) is 42.6 Å². The lowest BCUT2D eigenvalue weighted by molar-refractivity contribution is 0.439. The first kappa shape index (κ1) is 10.1. The van der Waals surface area contributed by atoms with Crippen molar-refractivity contribution in [2.75, 3.05) is 0 Å². The van der Waals surface area contributed by atoms with Crippen LogP contribution in [0.2, 0.25) is 0 Å². The molecule has 3 nitrogen and oxygen atoms in total. The molecule has 2 rings (SSSR count). The lowest BCUT2D eigenvalue weighted by Crippen LogP contribution is -1.92. The van der Waals surface area contributed by atoms with Crippen molar-refractivity contribution < 1.29 is 9.13 Å². The molecule has 1 aromatic heterocycles. The minimum Gasteiger partial charge on any atom is -0.451 e. The summed E-state index contributed by atoms with van der Waals surface area (Å²) in [5.74, 6) is -0.155. The summed E-state index contributed by atoms with van der Waals surface area (Å²) in [4.78, 5) is 3.81. The van der Waals surface area contributed by atoms with Crippen molar-refractivity contribution in [1.29, 1.82) is 5.26 Å². The van der Waals surface area contributed by atoms with Gasteiger partial charge in [-0.1, -0.05) is 12.1 Å². The summed E-state index contributed by atoms with van der Waals surface area (Å²) in [7, 11) is 0. The Kier molecular flexibility index (Phi) is 2.79. The molecule has 0 fully saturated rings. The molecular weight excluding hydrogens is 207 g/mol. The molecule has 0 unspecified atom stereocenters. The predicted molar refractivity (Wildman–Crippen MR) is 55.4 cm³/mol. The Labute approximate surface area is 91.7 Å². The van der Waals surface area contributed by atoms with Gasteiger partial charge in [0.1, 0.15) is 6.07 Å². The summed E-state index contributed by atoms with van der Waals surface area (Å²) in [5.41, 5.74) is 0.130. The van der Waals surface area contributed by atoms with E-state index in [2.05, 4.69) is 4.98 Å². The first-order valence-electron chi connectivity index (χ1n) is 4.59. The third kappa shape index (κ3) is 1.98. The molecule has 0 spiro atoms. The number of nitrogens with zero attached hydrogens (tertiary/aromatic N) is 2. The summed E-state index contributed by atoms with van der Waals surface area (Å²) in [5, 5.41) is 8.78. The smallest absolute Gasteiger partial charge is 0.183 e. The quantitative estimate of drug-likeness (QED) is 0.772. The van der Waals surface area contributed by atoms with E-state index in [1.54, 1.807) is 24.3 Å². The molecule has 1 heterocycles. The molecule has 4 heteroatoms. The van der Waals surface area contributed by atoms with Crippen LogP contribution < -0.4 is 4.74 Å². The number of pyridine rings is 1. The maximum atomic E-state index is 13.3. The highest BCUT2D eigenvalue weighted by Crippen LogP contribution is 2.25. The number of ether oxygens (including phenoxy) is 1. The summed E-state index contributed by atoms with van der Waals surface area (Å²) >= 11 is 0. The number of para-hydroxylation sites is 1. The van der Waals surface area contributed by atoms with Crippen molar-refractivity contribution in [3.8, 4) is 17.6 Å². The van der Waals surface area contributed by atoms with Crippen LogP contribution in [0.3, 0.4) is 0 Å². The largest absolute Gasteiger partial charge is 0.451 e. The van der Waals surface area contributed by atoms with E-state index in [0.29, 0.717) is 0 Å². The van der Waals surface area contributed by atoms with Crippen LogP contribution in [0.4, 0.5) is 4.39 Å². The van der Waals surface area contributed by atoms with Crippen molar-refractivity contribution in [3.63, 3.8) is 0 Å². The average molecular weight is 214 g/mol. The van der Waals surface area contributed by atoms with Gasteiger partial charge in [-0.15, -0.1) is 0 Å². The molecule has 0 radical (unpaired) electrons. The zero-order chi connectivity index (χ0) is 11.4. The van der Waals surface area contributed by atoms with Gasteiger partial charge in [0.15, 0.2) is 23.0 Å². The molecule has 0 aliphatic heterocycles. The number of hydrogen-bond donors (Lipinski definition) is 0. The molecule has 1 aromatic carbocycles. The van der Waals surface area contributed by atoms with E-state index in [9.17, 15) is 4.39 Å². The summed E-state index contributed by atoms with van der Waals surface area (Å²) < 4.78 is 18.6. The fourth-order valence-electron chi connectivity index (χ4n) is 1.20. The molecule has 0 bridgehead atoms. The van der Waals surface area contributed by atoms with Crippen molar-refractivity contribution >= 4 is 0 Å². The first-order valence-corrected chi connectivity index (χ1v) is 4.59. The third-order valence-electron chi connectivity index (χ3n) is 1.93. The Bertz CT molecular complexity index is 549. The number of hydrogen-bond acceptors (Lipinski definition) is 3. The standard InChI is InChI=1S/C12H7FN2O/c13-9-4-1-2-5-11(9)16-12-6-3-7-15-10(12)8-14/h1-7H. The van der Waals surface area contributed by atoms with Crippen LogP contribution in [0.5, 0.6) is 11.5 Å². The molecule has 0 N–H and O–H groups in total. The third-order valence-corrected chi connectivity index (χ3v) is 1.93. The predicted octanol–water partition coefficient (Wildman–Crippen LogP) is 2.88. The fraction of sp³-hybridized carbons (Fsp3) is 0. The lowest BCUT2D eigenvalue weighted by atomic mass is 10.3. The Morgan fingerprint density at radius 1 is 1.12 bits per heavy atom. The van der Waals surface area contributed by atoms with Crippen LogP contribution in [0, 0.1) is 17.1 Å². The zero-order valence-corrected chi connectivity index (χ0v) is 8.22. The van der Waals surface area contributed by atoms with Gasteiger partial charge >= 0.3 is 0 Å². The topological polar surface area (TPSA) is 45.9 Å². The van der Waals surface area contributed by atoms with Gasteiger partial charge in [0.2, 0.25) is 0 Å². The first-order chi connectivity index (χ1) is 7.81. The Balaban J connectivity index is 2.35. The van der Waals surface area contributed by atoms with Gasteiger partial charge in [0, 0.05) is 6.20 Å². The SMILES string of the molecule is N#Cc1ncccc1Oc1ccccc1F. The highest BCUT2D eigenvalue weighted by molar-refractivity contribution is 5.40. The van der Waals surface area contributed by atoms with Gasteiger partial charge in [-0.2, -0.15) is 5.26 Å². The number of nitriles is 1. The van der Waals surface area contributed by atoms with Crippen LogP contribution in [-0.4, -0.2) is 4.98 Å². The number of benzene rings is 1. The van der Waals surface area contributed by atoms with Crippen molar-refractivity contribution in [2.45, 2.75) is 0 Å². The number of aromatic nitrogens is 1. The second-order valence-electron chi connectivity index (χ2n) is 2.99. The molecule has 2 aromatic rings. The average Bonchev–Trinajstić information content (AvgIpc) is 2.33. The second-order valence-corrected chi connectivity index (χ2v) is 2.99. The molecule has 0 atom stereocenters. The summed E-state index contributed by atoms with van der Waals surface area (Å²) in [6, 6.07) is 11.1. The van der Waals surface area contributed by atoms with Crippen molar-refractivity contribution in [2.24, 2.45) is 0 Å². The molecule has 0 saturated carbocycles. The van der Waals surface area contributed by atoms with Gasteiger partial charge in [-0.05, 0) is 24.3 Å². The normalized spacial score (nSPS) is 9.50. The number of rotatable bonds is 2. The molecular formula is C12H7FN2O. The van der Waals surface area contributed by atoms with E-state index < -0.39 is 5.82 Å². The maximum absolute atomic E-state index is 13.3. The van der Waals surface area contributed by atoms with Crippen LogP contribution >= 0.6 is 0 Å². The van der Waals surface area contributed by atoms with Crippen LogP contribution in [0.25, 0.3) is 0 Å². The Hall–Kier alpha value is -2.41. The summed E-state index contributed by atoms with van der Waals surface area (Å²) in [6.45, 7) is 0. The van der Waals surface area contributed by atoms with E-state index >= 15 is 0 Å². The highest BCUT2D eigenvalue weighted by atomic mass is 19.1. The molecule has 0 amide bonds. The Morgan fingerprint density at radius 3 is 2.62 bits per heavy atom. The lowest BCUT2D eigenvalue weighted by Gasteiger charge is -2.06. The highest BCUT2D eigenvalue weighted by Gasteiger charge is 2.07. The van der Waals surface area contributed by atoms with Gasteiger partial charge in [0.25, 0.3) is 0 Å². The molecule has 0 aliphatic carbocycles. The molecule has 0 aliphatic rings. The van der Waals surface area contributed by atoms with Gasteiger partial charge in [0.05, 0.1) is 0 Å². The van der Waals surface area contributed by atoms with E-state index in [1.807, 2.05) is 6.07 Å². The maximum Gasteiger partial charge on any atom is 0.183 e. The van der Waals surface area contributed by atoms with E-state index in [-0.39, 0.29) is 17.2 Å². The van der Waals surface area contributed by atoms with Gasteiger partial charge in [-0.3, -0.25) is 0 Å². The fourth-order valence-corrected chi connectivity index (χ4v) is 1.20. The van der Waals surface area contributed by atoms with Crippen LogP contribution in [0.1, 0.15) is 5.69 Å². The van der Waals surface area contributed by atoms with E-state index in [0.717, 1.165) is 0 Å². The van der Waals surface area contributed by atoms with Gasteiger partial charge < -0.3 is 4.74 Å². The Morgan fingerprint density at radius 2 is 1.88 bits per heavy atom. The van der Waals surface area contributed by atoms with E-state index in [1.165, 1.54) is 18.3 Å². The second kappa shape index (κ2) is 4.41. The molecule has 0 saturated heterocycles. The monoisotopic (exact) mass is 214 g/mol. The van der Waals surface area contributed by atoms with E-state index in [4.69, 9.17) is 10.00 Å². The zero-order valence-electron chi connectivity index (χ0n) is 8.22. The minimum atomic E-state index is -0.477. The molecule has 16 heavy (non-hydrogen) atoms. The summed E-state index contributed by atoms with van der Waals surface area (Å²) in [6.07, 6.45) is 1.48. The van der Waals surface area contributed by atoms with Crippen molar-refractivity contribution in [1.82, 2.24) is 4.98 Å².